The van der Waals surface area contributed by atoms with Crippen molar-refractivity contribution in [3.05, 3.63) is 119 Å². The van der Waals surface area contributed by atoms with Crippen molar-refractivity contribution in [2.45, 2.75) is 82.1 Å². The highest BCUT2D eigenvalue weighted by Crippen LogP contribution is 2.60. The molecule has 2 fully saturated rings. The number of carbonyl (C=O) groups is 3. The number of amides is 3. The molecule has 10 nitrogen and oxygen atoms in total. The number of rotatable bonds is 10. The van der Waals surface area contributed by atoms with Crippen LogP contribution in [0.4, 0.5) is 11.4 Å². The minimum Gasteiger partial charge on any atom is -0.497 e. The molecule has 3 amide bonds. The number of aliphatic hydroxyl groups is 1. The normalized spacial score (nSPS) is 25.6. The number of hydrogen-bond donors (Lipinski definition) is 3. The van der Waals surface area contributed by atoms with Gasteiger partial charge in [0.25, 0.3) is 5.91 Å². The lowest BCUT2D eigenvalue weighted by Gasteiger charge is -2.39. The van der Waals surface area contributed by atoms with E-state index in [-0.39, 0.29) is 54.2 Å². The summed E-state index contributed by atoms with van der Waals surface area (Å²) in [4.78, 5) is 47.3. The van der Waals surface area contributed by atoms with E-state index >= 15 is 4.79 Å². The second-order valence-corrected chi connectivity index (χ2v) is 21.5. The first-order chi connectivity index (χ1) is 27.5. The molecule has 3 N–H and O–H groups in total. The Hall–Kier alpha value is -4.81. The second-order valence-electron chi connectivity index (χ2n) is 16.8. The van der Waals surface area contributed by atoms with Crippen LogP contribution < -0.4 is 25.5 Å². The fraction of sp³-hybridized carbons (Fsp3) is 0.413. The molecular formula is C46H54N4O6Si. The molecule has 0 aliphatic carbocycles. The summed E-state index contributed by atoms with van der Waals surface area (Å²) >= 11 is 0. The van der Waals surface area contributed by atoms with Gasteiger partial charge in [-0.15, -0.1) is 0 Å². The fourth-order valence-corrected chi connectivity index (χ4v) is 14.2. The van der Waals surface area contributed by atoms with Gasteiger partial charge in [-0.2, -0.15) is 0 Å². The molecule has 1 spiro atoms. The minimum atomic E-state index is -2.56. The lowest BCUT2D eigenvalue weighted by Crippen LogP contribution is -2.52. The highest BCUT2D eigenvalue weighted by molar-refractivity contribution is 6.91. The van der Waals surface area contributed by atoms with Gasteiger partial charge in [0.1, 0.15) is 5.75 Å². The summed E-state index contributed by atoms with van der Waals surface area (Å²) in [7, 11) is -0.904. The molecule has 1 unspecified atom stereocenters. The van der Waals surface area contributed by atoms with E-state index < -0.39 is 19.8 Å². The summed E-state index contributed by atoms with van der Waals surface area (Å²) in [6, 6.07) is 31.6. The Balaban J connectivity index is 1.21. The molecule has 4 heterocycles. The van der Waals surface area contributed by atoms with Crippen LogP contribution in [-0.2, 0) is 44.2 Å². The molecule has 4 aliphatic rings. The third-order valence-electron chi connectivity index (χ3n) is 13.2. The molecule has 4 aromatic rings. The van der Waals surface area contributed by atoms with E-state index in [9.17, 15) is 14.7 Å². The Morgan fingerprint density at radius 3 is 2.44 bits per heavy atom. The standard InChI is InChI=1S/C46H54N4O6Si/c1-30-43(57(3,4)38-19-17-37(55-2)18-20-38)41(25-42(52)49-28-34-14-9-8-13-32(34)23-36(49)29-51)56-46(30)39-24-35(48-44(53)33-15-10-22-47-26-33)16-21-40(39)50(45(46)54)27-31-11-6-5-7-12-31/h5-9,11-14,16-21,24,30,33,36,41,43,47,51H,10,15,22-23,25-29H2,1-4H3,(H,48,53)/t30-,33?,36+,41+,43-,46+/m1/s1. The number of piperidine rings is 1. The van der Waals surface area contributed by atoms with Gasteiger partial charge in [-0.05, 0) is 78.4 Å². The van der Waals surface area contributed by atoms with Crippen molar-refractivity contribution in [2.24, 2.45) is 11.8 Å². The molecule has 11 heteroatoms. The molecule has 8 rings (SSSR count). The zero-order valence-electron chi connectivity index (χ0n) is 33.4. The van der Waals surface area contributed by atoms with Crippen molar-refractivity contribution in [2.75, 3.05) is 37.0 Å². The maximum Gasteiger partial charge on any atom is 0.264 e. The lowest BCUT2D eigenvalue weighted by molar-refractivity contribution is -0.151. The molecule has 0 radical (unpaired) electrons. The van der Waals surface area contributed by atoms with Crippen molar-refractivity contribution in [3.8, 4) is 5.75 Å². The number of methoxy groups -OCH3 is 1. The van der Waals surface area contributed by atoms with Crippen LogP contribution in [0, 0.1) is 11.8 Å². The highest BCUT2D eigenvalue weighted by atomic mass is 28.3. The summed E-state index contributed by atoms with van der Waals surface area (Å²) < 4.78 is 12.9. The number of fused-ring (bicyclic) bond motifs is 3. The number of ether oxygens (including phenoxy) is 2. The van der Waals surface area contributed by atoms with Gasteiger partial charge in [-0.3, -0.25) is 14.4 Å². The predicted octanol–water partition coefficient (Wildman–Crippen LogP) is 5.73. The molecule has 57 heavy (non-hydrogen) atoms. The summed E-state index contributed by atoms with van der Waals surface area (Å²) in [5.41, 5.74) is 3.71. The van der Waals surface area contributed by atoms with E-state index in [1.54, 1.807) is 12.0 Å². The van der Waals surface area contributed by atoms with Crippen LogP contribution >= 0.6 is 0 Å². The number of hydrogen-bond acceptors (Lipinski definition) is 7. The Kier molecular flexibility index (Phi) is 10.9. The van der Waals surface area contributed by atoms with E-state index in [2.05, 4.69) is 48.9 Å². The Morgan fingerprint density at radius 2 is 1.74 bits per heavy atom. The van der Waals surface area contributed by atoms with Crippen LogP contribution in [0.15, 0.2) is 97.1 Å². The van der Waals surface area contributed by atoms with Crippen molar-refractivity contribution in [1.82, 2.24) is 10.2 Å². The zero-order chi connectivity index (χ0) is 39.9. The van der Waals surface area contributed by atoms with Gasteiger partial charge in [0.2, 0.25) is 11.8 Å². The molecule has 2 saturated heterocycles. The summed E-state index contributed by atoms with van der Waals surface area (Å²) in [6.07, 6.45) is 1.80. The number of nitrogens with zero attached hydrogens (tertiary/aromatic N) is 2. The van der Waals surface area contributed by atoms with Gasteiger partial charge in [0.05, 0.1) is 58.5 Å². The number of nitrogens with one attached hydrogen (secondary N) is 2. The molecule has 4 aromatic carbocycles. The van der Waals surface area contributed by atoms with Crippen LogP contribution in [0.1, 0.15) is 48.4 Å². The lowest BCUT2D eigenvalue weighted by atomic mass is 9.82. The first-order valence-electron chi connectivity index (χ1n) is 20.4. The Bertz CT molecular complexity index is 2120. The predicted molar refractivity (Wildman–Crippen MR) is 224 cm³/mol. The minimum absolute atomic E-state index is 0.0435. The van der Waals surface area contributed by atoms with E-state index in [0.29, 0.717) is 31.7 Å². The number of aliphatic hydroxyl groups excluding tert-OH is 1. The molecule has 0 aromatic heterocycles. The van der Waals surface area contributed by atoms with Gasteiger partial charge in [0.15, 0.2) is 5.60 Å². The largest absolute Gasteiger partial charge is 0.497 e. The summed E-state index contributed by atoms with van der Waals surface area (Å²) in [6.45, 7) is 8.88. The van der Waals surface area contributed by atoms with Crippen molar-refractivity contribution in [1.29, 1.82) is 0 Å². The molecule has 4 aliphatic heterocycles. The maximum absolute atomic E-state index is 15.4. The molecule has 6 atom stereocenters. The summed E-state index contributed by atoms with van der Waals surface area (Å²) in [5.74, 6) is -0.0182. The SMILES string of the molecule is COc1ccc([Si](C)(C)[C@H]2[C@H](CC(=O)N3Cc4ccccc4C[C@H]3CO)O[C@@]3(C(=O)N(Cc4ccccc4)c4ccc(NC(=O)C5CCCNC5)cc43)[C@@H]2C)cc1. The van der Waals surface area contributed by atoms with Gasteiger partial charge in [-0.25, -0.2) is 0 Å². The average Bonchev–Trinajstić information content (AvgIpc) is 3.66. The topological polar surface area (TPSA) is 120 Å². The molecule has 0 saturated carbocycles. The monoisotopic (exact) mass is 786 g/mol. The van der Waals surface area contributed by atoms with Crippen molar-refractivity contribution < 1.29 is 29.0 Å². The zero-order valence-corrected chi connectivity index (χ0v) is 34.4. The smallest absolute Gasteiger partial charge is 0.264 e. The van der Waals surface area contributed by atoms with E-state index in [1.807, 2.05) is 83.8 Å². The third-order valence-corrected chi connectivity index (χ3v) is 17.6. The van der Waals surface area contributed by atoms with Gasteiger partial charge in [0, 0.05) is 30.3 Å². The first-order valence-corrected chi connectivity index (χ1v) is 23.4. The highest BCUT2D eigenvalue weighted by Gasteiger charge is 2.66. The number of anilines is 2. The molecule has 298 valence electrons. The Labute approximate surface area is 336 Å². The maximum atomic E-state index is 15.4. The van der Waals surface area contributed by atoms with Crippen LogP contribution in [0.25, 0.3) is 0 Å². The fourth-order valence-electron chi connectivity index (χ4n) is 10.2. The van der Waals surface area contributed by atoms with Gasteiger partial charge in [-0.1, -0.05) is 91.9 Å². The quantitative estimate of drug-likeness (QED) is 0.176. The Morgan fingerprint density at radius 1 is 1.00 bits per heavy atom. The second kappa shape index (κ2) is 15.9. The van der Waals surface area contributed by atoms with Crippen molar-refractivity contribution in [3.63, 3.8) is 0 Å². The van der Waals surface area contributed by atoms with Gasteiger partial charge < -0.3 is 35.0 Å². The van der Waals surface area contributed by atoms with Crippen LogP contribution in [0.3, 0.4) is 0 Å². The molecular weight excluding hydrogens is 733 g/mol. The first kappa shape index (κ1) is 39.0. The van der Waals surface area contributed by atoms with Gasteiger partial charge >= 0.3 is 0 Å². The number of benzene rings is 4. The third kappa shape index (κ3) is 7.09. The number of carbonyl (C=O) groups excluding carboxylic acids is 3. The van der Waals surface area contributed by atoms with Crippen molar-refractivity contribution >= 4 is 42.4 Å². The van der Waals surface area contributed by atoms with E-state index in [0.717, 1.165) is 53.1 Å². The summed E-state index contributed by atoms with van der Waals surface area (Å²) in [5, 5.41) is 18.2. The molecule has 0 bridgehead atoms. The van der Waals surface area contributed by atoms with Crippen LogP contribution in [-0.4, -0.2) is 74.8 Å². The average molecular weight is 787 g/mol. The van der Waals surface area contributed by atoms with E-state index in [1.165, 1.54) is 5.19 Å². The van der Waals surface area contributed by atoms with E-state index in [4.69, 9.17) is 9.47 Å². The van der Waals surface area contributed by atoms with Crippen LogP contribution in [0.2, 0.25) is 18.6 Å². The van der Waals surface area contributed by atoms with Crippen LogP contribution in [0.5, 0.6) is 5.75 Å².